The highest BCUT2D eigenvalue weighted by Crippen LogP contribution is 2.16. The van der Waals surface area contributed by atoms with E-state index in [0.29, 0.717) is 13.1 Å². The van der Waals surface area contributed by atoms with Crippen LogP contribution in [0.25, 0.3) is 0 Å². The van der Waals surface area contributed by atoms with Gasteiger partial charge in [-0.05, 0) is 31.0 Å². The molecule has 0 atom stereocenters. The summed E-state index contributed by atoms with van der Waals surface area (Å²) >= 11 is 0. The van der Waals surface area contributed by atoms with E-state index in [1.54, 1.807) is 4.90 Å². The summed E-state index contributed by atoms with van der Waals surface area (Å²) in [7, 11) is 0. The van der Waals surface area contributed by atoms with Gasteiger partial charge >= 0.3 is 0 Å². The Balaban J connectivity index is 1.91. The quantitative estimate of drug-likeness (QED) is 0.881. The first-order valence-electron chi connectivity index (χ1n) is 8.12. The summed E-state index contributed by atoms with van der Waals surface area (Å²) in [6, 6.07) is 15.7. The van der Waals surface area contributed by atoms with E-state index in [2.05, 4.69) is 5.32 Å². The third-order valence-corrected chi connectivity index (χ3v) is 3.93. The van der Waals surface area contributed by atoms with Crippen LogP contribution in [0.2, 0.25) is 0 Å². The molecule has 24 heavy (non-hydrogen) atoms. The Bertz CT molecular complexity index is 711. The molecule has 2 amide bonds. The summed E-state index contributed by atoms with van der Waals surface area (Å²) in [6.07, 6.45) is 0.278. The third-order valence-electron chi connectivity index (χ3n) is 3.93. The monoisotopic (exact) mass is 324 g/mol. The summed E-state index contributed by atoms with van der Waals surface area (Å²) in [5, 5.41) is 2.92. The first-order chi connectivity index (χ1) is 11.5. The second kappa shape index (κ2) is 8.29. The number of carbonyl (C=O) groups excluding carboxylic acids is 2. The molecule has 126 valence electrons. The number of nitrogens with zero attached hydrogens (tertiary/aromatic N) is 1. The molecule has 0 aliphatic carbocycles. The maximum Gasteiger partial charge on any atom is 0.226 e. The standard InChI is InChI=1S/C20H24N2O2/c1-15-9-10-19(16(2)13-15)21-20(24)11-12-22(17(3)23)14-18-7-5-4-6-8-18/h4-10,13H,11-12,14H2,1-3H3,(H,21,24). The Morgan fingerprint density at radius 3 is 2.38 bits per heavy atom. The zero-order chi connectivity index (χ0) is 17.5. The topological polar surface area (TPSA) is 49.4 Å². The highest BCUT2D eigenvalue weighted by molar-refractivity contribution is 5.91. The van der Waals surface area contributed by atoms with Crippen molar-refractivity contribution in [1.82, 2.24) is 4.90 Å². The van der Waals surface area contributed by atoms with Crippen LogP contribution in [0, 0.1) is 13.8 Å². The van der Waals surface area contributed by atoms with Crippen LogP contribution in [-0.4, -0.2) is 23.3 Å². The van der Waals surface area contributed by atoms with Crippen molar-refractivity contribution in [2.75, 3.05) is 11.9 Å². The minimum atomic E-state index is -0.0822. The molecule has 2 aromatic rings. The van der Waals surface area contributed by atoms with Gasteiger partial charge in [0.2, 0.25) is 11.8 Å². The Labute approximate surface area is 143 Å². The Hall–Kier alpha value is -2.62. The highest BCUT2D eigenvalue weighted by atomic mass is 16.2. The summed E-state index contributed by atoms with van der Waals surface area (Å²) < 4.78 is 0. The number of rotatable bonds is 6. The molecule has 1 N–H and O–H groups in total. The molecule has 0 fully saturated rings. The van der Waals surface area contributed by atoms with Gasteiger partial charge in [-0.2, -0.15) is 0 Å². The first-order valence-corrected chi connectivity index (χ1v) is 8.12. The minimum absolute atomic E-state index is 0.0295. The molecule has 0 heterocycles. The van der Waals surface area contributed by atoms with E-state index >= 15 is 0 Å². The molecular weight excluding hydrogens is 300 g/mol. The molecule has 0 aromatic heterocycles. The van der Waals surface area contributed by atoms with Gasteiger partial charge in [0.1, 0.15) is 0 Å². The van der Waals surface area contributed by atoms with Crippen molar-refractivity contribution in [1.29, 1.82) is 0 Å². The molecule has 4 nitrogen and oxygen atoms in total. The number of amides is 2. The molecule has 4 heteroatoms. The van der Waals surface area contributed by atoms with Crippen LogP contribution in [0.15, 0.2) is 48.5 Å². The predicted octanol–water partition coefficient (Wildman–Crippen LogP) is 3.68. The number of aryl methyl sites for hydroxylation is 2. The van der Waals surface area contributed by atoms with Crippen LogP contribution in [-0.2, 0) is 16.1 Å². The van der Waals surface area contributed by atoms with Crippen molar-refractivity contribution in [3.8, 4) is 0 Å². The van der Waals surface area contributed by atoms with E-state index < -0.39 is 0 Å². The number of hydrogen-bond donors (Lipinski definition) is 1. The number of anilines is 1. The zero-order valence-electron chi connectivity index (χ0n) is 14.5. The van der Waals surface area contributed by atoms with Gasteiger partial charge in [-0.15, -0.1) is 0 Å². The van der Waals surface area contributed by atoms with Crippen molar-refractivity contribution in [3.05, 3.63) is 65.2 Å². The zero-order valence-corrected chi connectivity index (χ0v) is 14.5. The van der Waals surface area contributed by atoms with E-state index in [-0.39, 0.29) is 18.2 Å². The fraction of sp³-hybridized carbons (Fsp3) is 0.300. The summed E-state index contributed by atoms with van der Waals surface area (Å²) in [6.45, 7) is 6.45. The average Bonchev–Trinajstić information content (AvgIpc) is 2.55. The average molecular weight is 324 g/mol. The molecule has 2 aromatic carbocycles. The van der Waals surface area contributed by atoms with Crippen LogP contribution >= 0.6 is 0 Å². The second-order valence-electron chi connectivity index (χ2n) is 6.04. The molecule has 0 radical (unpaired) electrons. The van der Waals surface area contributed by atoms with Gasteiger partial charge in [-0.25, -0.2) is 0 Å². The Morgan fingerprint density at radius 1 is 1.04 bits per heavy atom. The molecule has 0 bridgehead atoms. The smallest absolute Gasteiger partial charge is 0.226 e. The normalized spacial score (nSPS) is 10.3. The SMILES string of the molecule is CC(=O)N(CCC(=O)Nc1ccc(C)cc1C)Cc1ccccc1. The van der Waals surface area contributed by atoms with E-state index in [1.807, 2.05) is 62.4 Å². The fourth-order valence-corrected chi connectivity index (χ4v) is 2.55. The number of hydrogen-bond acceptors (Lipinski definition) is 2. The lowest BCUT2D eigenvalue weighted by atomic mass is 10.1. The molecule has 0 spiro atoms. The lowest BCUT2D eigenvalue weighted by molar-refractivity contribution is -0.129. The van der Waals surface area contributed by atoms with Gasteiger partial charge in [-0.3, -0.25) is 9.59 Å². The molecular formula is C20H24N2O2. The lowest BCUT2D eigenvalue weighted by Crippen LogP contribution is -2.31. The number of carbonyl (C=O) groups is 2. The van der Waals surface area contributed by atoms with Crippen molar-refractivity contribution in [2.24, 2.45) is 0 Å². The Kier molecular flexibility index (Phi) is 6.13. The van der Waals surface area contributed by atoms with Crippen molar-refractivity contribution >= 4 is 17.5 Å². The van der Waals surface area contributed by atoms with Gasteiger partial charge in [0, 0.05) is 32.1 Å². The van der Waals surface area contributed by atoms with Gasteiger partial charge in [-0.1, -0.05) is 48.0 Å². The maximum atomic E-state index is 12.2. The fourth-order valence-electron chi connectivity index (χ4n) is 2.55. The van der Waals surface area contributed by atoms with Crippen molar-refractivity contribution in [3.63, 3.8) is 0 Å². The van der Waals surface area contributed by atoms with E-state index in [0.717, 1.165) is 22.4 Å². The maximum absolute atomic E-state index is 12.2. The van der Waals surface area contributed by atoms with Gasteiger partial charge < -0.3 is 10.2 Å². The molecule has 0 saturated carbocycles. The largest absolute Gasteiger partial charge is 0.338 e. The van der Waals surface area contributed by atoms with Crippen LogP contribution < -0.4 is 5.32 Å². The van der Waals surface area contributed by atoms with Crippen molar-refractivity contribution in [2.45, 2.75) is 33.7 Å². The van der Waals surface area contributed by atoms with Gasteiger partial charge in [0.25, 0.3) is 0 Å². The molecule has 0 aliphatic heterocycles. The lowest BCUT2D eigenvalue weighted by Gasteiger charge is -2.21. The second-order valence-corrected chi connectivity index (χ2v) is 6.04. The van der Waals surface area contributed by atoms with Crippen molar-refractivity contribution < 1.29 is 9.59 Å². The summed E-state index contributed by atoms with van der Waals surface area (Å²) in [5.74, 6) is -0.112. The summed E-state index contributed by atoms with van der Waals surface area (Å²) in [5.41, 5.74) is 4.08. The summed E-state index contributed by atoms with van der Waals surface area (Å²) in [4.78, 5) is 25.7. The predicted molar refractivity (Wildman–Crippen MR) is 96.7 cm³/mol. The Morgan fingerprint density at radius 2 is 1.75 bits per heavy atom. The van der Waals surface area contributed by atoms with E-state index in [1.165, 1.54) is 6.92 Å². The van der Waals surface area contributed by atoms with Crippen LogP contribution in [0.4, 0.5) is 5.69 Å². The van der Waals surface area contributed by atoms with Crippen LogP contribution in [0.3, 0.4) is 0 Å². The number of nitrogens with one attached hydrogen (secondary N) is 1. The molecule has 0 aliphatic rings. The minimum Gasteiger partial charge on any atom is -0.338 e. The number of benzene rings is 2. The highest BCUT2D eigenvalue weighted by Gasteiger charge is 2.12. The van der Waals surface area contributed by atoms with Gasteiger partial charge in [0.15, 0.2) is 0 Å². The molecule has 0 unspecified atom stereocenters. The van der Waals surface area contributed by atoms with Gasteiger partial charge in [0.05, 0.1) is 0 Å². The van der Waals surface area contributed by atoms with Crippen LogP contribution in [0.1, 0.15) is 30.0 Å². The van der Waals surface area contributed by atoms with E-state index in [4.69, 9.17) is 0 Å². The first kappa shape index (κ1) is 17.7. The molecule has 0 saturated heterocycles. The molecule has 2 rings (SSSR count). The van der Waals surface area contributed by atoms with E-state index in [9.17, 15) is 9.59 Å². The third kappa shape index (κ3) is 5.23. The van der Waals surface area contributed by atoms with Crippen LogP contribution in [0.5, 0.6) is 0 Å².